The van der Waals surface area contributed by atoms with Gasteiger partial charge in [0.2, 0.25) is 11.8 Å². The Hall–Kier alpha value is -2.82. The number of hydrogen-bond donors (Lipinski definition) is 0. The average molecular weight is 363 g/mol. The molecule has 2 bridgehead atoms. The van der Waals surface area contributed by atoms with E-state index in [1.54, 1.807) is 31.4 Å². The van der Waals surface area contributed by atoms with Gasteiger partial charge in [-0.1, -0.05) is 0 Å². The van der Waals surface area contributed by atoms with E-state index < -0.39 is 0 Å². The Bertz CT molecular complexity index is 862. The normalized spacial score (nSPS) is 28.6. The van der Waals surface area contributed by atoms with E-state index in [0.29, 0.717) is 29.0 Å². The second-order valence-electron chi connectivity index (χ2n) is 7.67. The van der Waals surface area contributed by atoms with E-state index in [0.717, 1.165) is 25.0 Å². The highest BCUT2D eigenvalue weighted by atomic mass is 16.5. The molecule has 3 aliphatic rings. The van der Waals surface area contributed by atoms with Gasteiger partial charge in [-0.2, -0.15) is 0 Å². The molecule has 5 rings (SSSR count). The highest BCUT2D eigenvalue weighted by molar-refractivity contribution is 6.22. The van der Waals surface area contributed by atoms with Crippen LogP contribution in [0.25, 0.3) is 0 Å². The predicted octanol–water partition coefficient (Wildman–Crippen LogP) is 4.02. The SMILES string of the molecule is COc1ccc(Oc2ccc(N3C(=O)[C@@H]4[C@@H]5CC[C@H](C5)[C@@H]4C3=O)cc2)cc1. The zero-order valence-corrected chi connectivity index (χ0v) is 15.1. The van der Waals surface area contributed by atoms with Crippen molar-refractivity contribution in [3.8, 4) is 17.2 Å². The van der Waals surface area contributed by atoms with Crippen molar-refractivity contribution in [1.29, 1.82) is 0 Å². The van der Waals surface area contributed by atoms with Crippen LogP contribution in [0.15, 0.2) is 48.5 Å². The van der Waals surface area contributed by atoms with Crippen molar-refractivity contribution in [2.75, 3.05) is 12.0 Å². The highest BCUT2D eigenvalue weighted by Gasteiger charge is 2.61. The summed E-state index contributed by atoms with van der Waals surface area (Å²) in [6.45, 7) is 0. The topological polar surface area (TPSA) is 55.8 Å². The molecule has 27 heavy (non-hydrogen) atoms. The fraction of sp³-hybridized carbons (Fsp3) is 0.364. The predicted molar refractivity (Wildman–Crippen MR) is 99.8 cm³/mol. The molecule has 5 nitrogen and oxygen atoms in total. The number of ether oxygens (including phenoxy) is 2. The van der Waals surface area contributed by atoms with Crippen LogP contribution in [-0.2, 0) is 9.59 Å². The summed E-state index contributed by atoms with van der Waals surface area (Å²) in [5.74, 6) is 2.72. The van der Waals surface area contributed by atoms with Gasteiger partial charge in [-0.25, -0.2) is 0 Å². The van der Waals surface area contributed by atoms with Crippen LogP contribution in [0.3, 0.4) is 0 Å². The van der Waals surface area contributed by atoms with Crippen molar-refractivity contribution in [1.82, 2.24) is 0 Å². The Morgan fingerprint density at radius 1 is 0.778 bits per heavy atom. The van der Waals surface area contributed by atoms with Gasteiger partial charge in [0, 0.05) is 0 Å². The molecule has 138 valence electrons. The van der Waals surface area contributed by atoms with Crippen molar-refractivity contribution in [2.24, 2.45) is 23.7 Å². The first kappa shape index (κ1) is 16.4. The first-order chi connectivity index (χ1) is 13.2. The van der Waals surface area contributed by atoms with E-state index in [1.807, 2.05) is 24.3 Å². The minimum Gasteiger partial charge on any atom is -0.497 e. The summed E-state index contributed by atoms with van der Waals surface area (Å²) >= 11 is 0. The largest absolute Gasteiger partial charge is 0.497 e. The van der Waals surface area contributed by atoms with Gasteiger partial charge in [-0.15, -0.1) is 0 Å². The number of nitrogens with zero attached hydrogens (tertiary/aromatic N) is 1. The van der Waals surface area contributed by atoms with Crippen LogP contribution in [0.4, 0.5) is 5.69 Å². The molecule has 1 aliphatic heterocycles. The maximum atomic E-state index is 12.9. The lowest BCUT2D eigenvalue weighted by Gasteiger charge is -2.19. The number of imide groups is 1. The molecule has 3 fully saturated rings. The van der Waals surface area contributed by atoms with Crippen LogP contribution in [0.1, 0.15) is 19.3 Å². The van der Waals surface area contributed by atoms with Crippen molar-refractivity contribution in [3.63, 3.8) is 0 Å². The summed E-state index contributed by atoms with van der Waals surface area (Å²) in [5, 5.41) is 0. The Kier molecular flexibility index (Phi) is 3.71. The molecule has 0 spiro atoms. The fourth-order valence-electron chi connectivity index (χ4n) is 5.11. The van der Waals surface area contributed by atoms with E-state index in [4.69, 9.17) is 9.47 Å². The van der Waals surface area contributed by atoms with Crippen molar-refractivity contribution in [3.05, 3.63) is 48.5 Å². The van der Waals surface area contributed by atoms with E-state index in [2.05, 4.69) is 0 Å². The van der Waals surface area contributed by atoms with E-state index in [1.165, 1.54) is 4.90 Å². The number of carbonyl (C=O) groups excluding carboxylic acids is 2. The summed E-state index contributed by atoms with van der Waals surface area (Å²) in [5.41, 5.74) is 0.640. The molecule has 2 aromatic carbocycles. The minimum atomic E-state index is -0.0912. The maximum Gasteiger partial charge on any atom is 0.237 e. The smallest absolute Gasteiger partial charge is 0.237 e. The van der Waals surface area contributed by atoms with E-state index in [-0.39, 0.29) is 23.7 Å². The van der Waals surface area contributed by atoms with E-state index in [9.17, 15) is 9.59 Å². The zero-order valence-electron chi connectivity index (χ0n) is 15.1. The summed E-state index contributed by atoms with van der Waals surface area (Å²) < 4.78 is 11.0. The molecule has 2 saturated carbocycles. The molecule has 1 heterocycles. The van der Waals surface area contributed by atoms with Crippen LogP contribution in [0.2, 0.25) is 0 Å². The number of carbonyl (C=O) groups is 2. The molecule has 2 aromatic rings. The lowest BCUT2D eigenvalue weighted by atomic mass is 9.81. The zero-order chi connectivity index (χ0) is 18.5. The first-order valence-corrected chi connectivity index (χ1v) is 9.45. The molecule has 1 saturated heterocycles. The van der Waals surface area contributed by atoms with Crippen LogP contribution in [0, 0.1) is 23.7 Å². The fourth-order valence-corrected chi connectivity index (χ4v) is 5.11. The maximum absolute atomic E-state index is 12.9. The lowest BCUT2D eigenvalue weighted by molar-refractivity contribution is -0.123. The first-order valence-electron chi connectivity index (χ1n) is 9.45. The molecule has 0 N–H and O–H groups in total. The quantitative estimate of drug-likeness (QED) is 0.770. The third-order valence-corrected chi connectivity index (χ3v) is 6.32. The van der Waals surface area contributed by atoms with Gasteiger partial charge in [0.15, 0.2) is 0 Å². The van der Waals surface area contributed by atoms with Crippen molar-refractivity contribution >= 4 is 17.5 Å². The van der Waals surface area contributed by atoms with E-state index >= 15 is 0 Å². The van der Waals surface area contributed by atoms with Gasteiger partial charge in [0.1, 0.15) is 17.2 Å². The third kappa shape index (κ3) is 2.52. The second-order valence-corrected chi connectivity index (χ2v) is 7.67. The van der Waals surface area contributed by atoms with Gasteiger partial charge in [-0.05, 0) is 79.6 Å². The molecule has 2 amide bonds. The van der Waals surface area contributed by atoms with Gasteiger partial charge >= 0.3 is 0 Å². The number of hydrogen-bond acceptors (Lipinski definition) is 4. The summed E-state index contributed by atoms with van der Waals surface area (Å²) in [6, 6.07) is 14.5. The Morgan fingerprint density at radius 3 is 1.78 bits per heavy atom. The van der Waals surface area contributed by atoms with Gasteiger partial charge in [-0.3, -0.25) is 14.5 Å². The van der Waals surface area contributed by atoms with Crippen LogP contribution in [-0.4, -0.2) is 18.9 Å². The molecule has 0 unspecified atom stereocenters. The van der Waals surface area contributed by atoms with Gasteiger partial charge < -0.3 is 9.47 Å². The minimum absolute atomic E-state index is 0.0129. The molecule has 5 heteroatoms. The molecular weight excluding hydrogens is 342 g/mol. The Balaban J connectivity index is 1.34. The summed E-state index contributed by atoms with van der Waals surface area (Å²) in [7, 11) is 1.62. The lowest BCUT2D eigenvalue weighted by Crippen LogP contribution is -2.32. The summed E-state index contributed by atoms with van der Waals surface area (Å²) in [6.07, 6.45) is 3.23. The number of benzene rings is 2. The third-order valence-electron chi connectivity index (χ3n) is 6.32. The highest BCUT2D eigenvalue weighted by Crippen LogP contribution is 2.56. The molecular formula is C22H21NO4. The molecule has 2 aliphatic carbocycles. The Labute approximate surface area is 157 Å². The standard InChI is InChI=1S/C22H21NO4/c1-26-16-8-10-18(11-9-16)27-17-6-4-15(5-7-17)23-21(24)19-13-2-3-14(12-13)20(19)22(23)25/h4-11,13-14,19-20H,2-3,12H2,1H3/t13-,14-,19-,20+/m1/s1. The van der Waals surface area contributed by atoms with Crippen LogP contribution in [0.5, 0.6) is 17.2 Å². The number of methoxy groups -OCH3 is 1. The molecule has 4 atom stereocenters. The van der Waals surface area contributed by atoms with Crippen LogP contribution < -0.4 is 14.4 Å². The summed E-state index contributed by atoms with van der Waals surface area (Å²) in [4.78, 5) is 27.2. The van der Waals surface area contributed by atoms with Gasteiger partial charge in [0.05, 0.1) is 24.6 Å². The van der Waals surface area contributed by atoms with Crippen molar-refractivity contribution < 1.29 is 19.1 Å². The van der Waals surface area contributed by atoms with Crippen LogP contribution >= 0.6 is 0 Å². The number of anilines is 1. The molecule has 0 radical (unpaired) electrons. The molecule has 0 aromatic heterocycles. The number of amides is 2. The number of rotatable bonds is 4. The van der Waals surface area contributed by atoms with Gasteiger partial charge in [0.25, 0.3) is 0 Å². The van der Waals surface area contributed by atoms with Crippen molar-refractivity contribution in [2.45, 2.75) is 19.3 Å². The monoisotopic (exact) mass is 363 g/mol. The average Bonchev–Trinajstić information content (AvgIpc) is 3.37. The number of fused-ring (bicyclic) bond motifs is 5. The second kappa shape index (κ2) is 6.12. The Morgan fingerprint density at radius 2 is 1.26 bits per heavy atom.